The highest BCUT2D eigenvalue weighted by atomic mass is 79.9. The molecule has 2 aromatic rings. The van der Waals surface area contributed by atoms with Gasteiger partial charge in [0.15, 0.2) is 0 Å². The molecular formula is C12H10BrNO. The SMILES string of the molecule is Nc1cc(-c2cccc(Br)c2)ccc1O. The first-order valence-electron chi connectivity index (χ1n) is 4.51. The fourth-order valence-electron chi connectivity index (χ4n) is 1.40. The molecule has 0 atom stereocenters. The van der Waals surface area contributed by atoms with Crippen molar-refractivity contribution in [2.75, 3.05) is 5.73 Å². The molecule has 15 heavy (non-hydrogen) atoms. The lowest BCUT2D eigenvalue weighted by atomic mass is 10.1. The zero-order valence-corrected chi connectivity index (χ0v) is 9.53. The van der Waals surface area contributed by atoms with Crippen LogP contribution in [-0.4, -0.2) is 5.11 Å². The Hall–Kier alpha value is -1.48. The fraction of sp³-hybridized carbons (Fsp3) is 0. The topological polar surface area (TPSA) is 46.2 Å². The first-order valence-corrected chi connectivity index (χ1v) is 5.30. The molecule has 0 fully saturated rings. The Morgan fingerprint density at radius 2 is 1.73 bits per heavy atom. The molecule has 2 rings (SSSR count). The van der Waals surface area contributed by atoms with Gasteiger partial charge in [0.2, 0.25) is 0 Å². The van der Waals surface area contributed by atoms with Gasteiger partial charge in [-0.2, -0.15) is 0 Å². The molecule has 0 aliphatic carbocycles. The Morgan fingerprint density at radius 1 is 1.00 bits per heavy atom. The van der Waals surface area contributed by atoms with Gasteiger partial charge in [-0.1, -0.05) is 34.1 Å². The number of aromatic hydroxyl groups is 1. The van der Waals surface area contributed by atoms with Crippen LogP contribution in [0, 0.1) is 0 Å². The molecule has 3 N–H and O–H groups in total. The lowest BCUT2D eigenvalue weighted by Gasteiger charge is -2.04. The largest absolute Gasteiger partial charge is 0.506 e. The van der Waals surface area contributed by atoms with Crippen LogP contribution in [0.15, 0.2) is 46.9 Å². The molecule has 0 aliphatic heterocycles. The van der Waals surface area contributed by atoms with Gasteiger partial charge in [-0.15, -0.1) is 0 Å². The number of nitrogens with two attached hydrogens (primary N) is 1. The van der Waals surface area contributed by atoms with Crippen molar-refractivity contribution in [2.24, 2.45) is 0 Å². The molecule has 3 heteroatoms. The number of nitrogen functional groups attached to an aromatic ring is 1. The van der Waals surface area contributed by atoms with E-state index in [0.29, 0.717) is 5.69 Å². The molecule has 0 bridgehead atoms. The van der Waals surface area contributed by atoms with Crippen molar-refractivity contribution in [2.45, 2.75) is 0 Å². The highest BCUT2D eigenvalue weighted by Gasteiger charge is 2.01. The average molecular weight is 264 g/mol. The molecule has 2 nitrogen and oxygen atoms in total. The summed E-state index contributed by atoms with van der Waals surface area (Å²) in [6.07, 6.45) is 0. The van der Waals surface area contributed by atoms with Gasteiger partial charge in [-0.05, 0) is 35.4 Å². The summed E-state index contributed by atoms with van der Waals surface area (Å²) in [6.45, 7) is 0. The predicted molar refractivity (Wildman–Crippen MR) is 65.7 cm³/mol. The molecule has 0 saturated carbocycles. The van der Waals surface area contributed by atoms with Gasteiger partial charge < -0.3 is 10.8 Å². The first kappa shape index (κ1) is 10.1. The van der Waals surface area contributed by atoms with Gasteiger partial charge in [-0.3, -0.25) is 0 Å². The zero-order chi connectivity index (χ0) is 10.8. The van der Waals surface area contributed by atoms with E-state index in [1.165, 1.54) is 0 Å². The molecule has 76 valence electrons. The summed E-state index contributed by atoms with van der Waals surface area (Å²) in [4.78, 5) is 0. The number of benzene rings is 2. The van der Waals surface area contributed by atoms with Gasteiger partial charge in [-0.25, -0.2) is 0 Å². The van der Waals surface area contributed by atoms with Gasteiger partial charge in [0, 0.05) is 4.47 Å². The van der Waals surface area contributed by atoms with Gasteiger partial charge in [0.25, 0.3) is 0 Å². The predicted octanol–water partition coefficient (Wildman–Crippen LogP) is 3.40. The summed E-state index contributed by atoms with van der Waals surface area (Å²) in [5.41, 5.74) is 8.09. The summed E-state index contributed by atoms with van der Waals surface area (Å²) in [6, 6.07) is 13.1. The summed E-state index contributed by atoms with van der Waals surface area (Å²) in [5, 5.41) is 9.31. The van der Waals surface area contributed by atoms with Gasteiger partial charge >= 0.3 is 0 Å². The number of halogens is 1. The number of phenolic OH excluding ortho intramolecular Hbond substituents is 1. The third kappa shape index (κ3) is 2.13. The standard InChI is InChI=1S/C12H10BrNO/c13-10-3-1-2-8(6-10)9-4-5-12(15)11(14)7-9/h1-7,15H,14H2. The van der Waals surface area contributed by atoms with E-state index in [-0.39, 0.29) is 5.75 Å². The molecule has 0 aliphatic rings. The second-order valence-corrected chi connectivity index (χ2v) is 4.20. The molecule has 0 saturated heterocycles. The van der Waals surface area contributed by atoms with E-state index in [4.69, 9.17) is 5.73 Å². The molecule has 0 heterocycles. The minimum Gasteiger partial charge on any atom is -0.506 e. The summed E-state index contributed by atoms with van der Waals surface area (Å²) in [5.74, 6) is 0.119. The summed E-state index contributed by atoms with van der Waals surface area (Å²) < 4.78 is 1.02. The maximum absolute atomic E-state index is 9.31. The van der Waals surface area contributed by atoms with Crippen LogP contribution in [0.2, 0.25) is 0 Å². The Bertz CT molecular complexity index is 497. The van der Waals surface area contributed by atoms with E-state index in [1.54, 1.807) is 12.1 Å². The molecule has 0 radical (unpaired) electrons. The molecule has 0 unspecified atom stereocenters. The van der Waals surface area contributed by atoms with E-state index in [0.717, 1.165) is 15.6 Å². The number of hydrogen-bond acceptors (Lipinski definition) is 2. The first-order chi connectivity index (χ1) is 7.16. The van der Waals surface area contributed by atoms with Crippen molar-refractivity contribution in [1.29, 1.82) is 0 Å². The molecule has 0 amide bonds. The van der Waals surface area contributed by atoms with Crippen molar-refractivity contribution in [3.8, 4) is 16.9 Å². The van der Waals surface area contributed by atoms with Crippen LogP contribution in [-0.2, 0) is 0 Å². The van der Waals surface area contributed by atoms with Crippen LogP contribution >= 0.6 is 15.9 Å². The van der Waals surface area contributed by atoms with Crippen LogP contribution in [0.1, 0.15) is 0 Å². The smallest absolute Gasteiger partial charge is 0.138 e. The minimum absolute atomic E-state index is 0.119. The van der Waals surface area contributed by atoms with Crippen molar-refractivity contribution in [3.05, 3.63) is 46.9 Å². The normalized spacial score (nSPS) is 10.2. The third-order valence-corrected chi connectivity index (χ3v) is 2.68. The number of rotatable bonds is 1. The van der Waals surface area contributed by atoms with E-state index in [9.17, 15) is 5.11 Å². The quantitative estimate of drug-likeness (QED) is 0.612. The van der Waals surface area contributed by atoms with Crippen LogP contribution in [0.4, 0.5) is 5.69 Å². The highest BCUT2D eigenvalue weighted by molar-refractivity contribution is 9.10. The minimum atomic E-state index is 0.119. The fourth-order valence-corrected chi connectivity index (χ4v) is 1.80. The lowest BCUT2D eigenvalue weighted by molar-refractivity contribution is 0.478. The second kappa shape index (κ2) is 3.95. The van der Waals surface area contributed by atoms with Crippen molar-refractivity contribution in [3.63, 3.8) is 0 Å². The zero-order valence-electron chi connectivity index (χ0n) is 7.94. The second-order valence-electron chi connectivity index (χ2n) is 3.28. The Kier molecular flexibility index (Phi) is 2.64. The maximum Gasteiger partial charge on any atom is 0.138 e. The monoisotopic (exact) mass is 263 g/mol. The number of hydrogen-bond donors (Lipinski definition) is 2. The van der Waals surface area contributed by atoms with Crippen LogP contribution < -0.4 is 5.73 Å². The van der Waals surface area contributed by atoms with E-state index >= 15 is 0 Å². The molecule has 2 aromatic carbocycles. The maximum atomic E-state index is 9.31. The highest BCUT2D eigenvalue weighted by Crippen LogP contribution is 2.28. The summed E-state index contributed by atoms with van der Waals surface area (Å²) in [7, 11) is 0. The number of anilines is 1. The molecule has 0 aromatic heterocycles. The molecule has 0 spiro atoms. The Labute approximate surface area is 96.5 Å². The summed E-state index contributed by atoms with van der Waals surface area (Å²) >= 11 is 3.41. The van der Waals surface area contributed by atoms with E-state index in [2.05, 4.69) is 15.9 Å². The third-order valence-electron chi connectivity index (χ3n) is 2.19. The van der Waals surface area contributed by atoms with Gasteiger partial charge in [0.1, 0.15) is 5.75 Å². The Balaban J connectivity index is 2.50. The average Bonchev–Trinajstić information content (AvgIpc) is 2.22. The van der Waals surface area contributed by atoms with Crippen LogP contribution in [0.5, 0.6) is 5.75 Å². The van der Waals surface area contributed by atoms with Gasteiger partial charge in [0.05, 0.1) is 5.69 Å². The van der Waals surface area contributed by atoms with E-state index < -0.39 is 0 Å². The van der Waals surface area contributed by atoms with Crippen molar-refractivity contribution < 1.29 is 5.11 Å². The lowest BCUT2D eigenvalue weighted by Crippen LogP contribution is -1.86. The van der Waals surface area contributed by atoms with E-state index in [1.807, 2.05) is 30.3 Å². The van der Waals surface area contributed by atoms with Crippen molar-refractivity contribution >= 4 is 21.6 Å². The Morgan fingerprint density at radius 3 is 2.40 bits per heavy atom. The van der Waals surface area contributed by atoms with Crippen molar-refractivity contribution in [1.82, 2.24) is 0 Å². The number of phenols is 1. The molecular weight excluding hydrogens is 254 g/mol. The van der Waals surface area contributed by atoms with Crippen LogP contribution in [0.3, 0.4) is 0 Å². The van der Waals surface area contributed by atoms with Crippen LogP contribution in [0.25, 0.3) is 11.1 Å².